The van der Waals surface area contributed by atoms with Crippen LogP contribution in [0.15, 0.2) is 54.2 Å². The van der Waals surface area contributed by atoms with Gasteiger partial charge in [-0.15, -0.1) is 11.3 Å². The molecule has 2 amide bonds. The number of nitrogens with one attached hydrogen (secondary N) is 2. The fourth-order valence-corrected chi connectivity index (χ4v) is 3.19. The number of amides is 2. The van der Waals surface area contributed by atoms with Crippen molar-refractivity contribution in [2.24, 2.45) is 0 Å². The van der Waals surface area contributed by atoms with Crippen LogP contribution < -0.4 is 10.6 Å². The Morgan fingerprint density at radius 3 is 2.85 bits per heavy atom. The van der Waals surface area contributed by atoms with Gasteiger partial charge in [-0.2, -0.15) is 0 Å². The SMILES string of the molecule is CCNC(=O)c1cccc(NC(=O)Cc2csc(-c3cccnc3)n2)c1. The first-order valence-corrected chi connectivity index (χ1v) is 9.06. The van der Waals surface area contributed by atoms with Crippen LogP contribution in [0.2, 0.25) is 0 Å². The molecule has 0 aliphatic rings. The molecule has 1 aromatic carbocycles. The van der Waals surface area contributed by atoms with E-state index in [4.69, 9.17) is 0 Å². The fraction of sp³-hybridized carbons (Fsp3) is 0.158. The van der Waals surface area contributed by atoms with Gasteiger partial charge in [-0.25, -0.2) is 4.98 Å². The van der Waals surface area contributed by atoms with Crippen LogP contribution in [0, 0.1) is 0 Å². The number of anilines is 1. The van der Waals surface area contributed by atoms with E-state index in [1.807, 2.05) is 24.4 Å². The maximum Gasteiger partial charge on any atom is 0.251 e. The molecule has 0 bridgehead atoms. The lowest BCUT2D eigenvalue weighted by atomic mass is 10.2. The topological polar surface area (TPSA) is 84.0 Å². The van der Waals surface area contributed by atoms with Crippen molar-refractivity contribution in [1.29, 1.82) is 0 Å². The predicted octanol–water partition coefficient (Wildman–Crippen LogP) is 3.14. The molecule has 0 aliphatic carbocycles. The Labute approximate surface area is 155 Å². The van der Waals surface area contributed by atoms with Crippen LogP contribution in [0.5, 0.6) is 0 Å². The van der Waals surface area contributed by atoms with Crippen molar-refractivity contribution in [3.05, 3.63) is 65.4 Å². The zero-order valence-electron chi connectivity index (χ0n) is 14.2. The first-order chi connectivity index (χ1) is 12.7. The van der Waals surface area contributed by atoms with Gasteiger partial charge in [0.1, 0.15) is 5.01 Å². The first-order valence-electron chi connectivity index (χ1n) is 8.18. The summed E-state index contributed by atoms with van der Waals surface area (Å²) in [4.78, 5) is 32.7. The molecule has 0 spiro atoms. The third kappa shape index (κ3) is 4.52. The van der Waals surface area contributed by atoms with Crippen LogP contribution in [0.3, 0.4) is 0 Å². The van der Waals surface area contributed by atoms with Gasteiger partial charge < -0.3 is 10.6 Å². The van der Waals surface area contributed by atoms with Crippen molar-refractivity contribution in [2.75, 3.05) is 11.9 Å². The van der Waals surface area contributed by atoms with E-state index in [-0.39, 0.29) is 18.2 Å². The number of rotatable bonds is 6. The van der Waals surface area contributed by atoms with Gasteiger partial charge in [0, 0.05) is 41.1 Å². The lowest BCUT2D eigenvalue weighted by Gasteiger charge is -2.07. The van der Waals surface area contributed by atoms with Crippen molar-refractivity contribution in [2.45, 2.75) is 13.3 Å². The molecule has 132 valence electrons. The molecular weight excluding hydrogens is 348 g/mol. The van der Waals surface area contributed by atoms with Crippen molar-refractivity contribution in [3.8, 4) is 10.6 Å². The number of benzene rings is 1. The molecule has 0 aliphatic heterocycles. The van der Waals surface area contributed by atoms with Crippen molar-refractivity contribution in [1.82, 2.24) is 15.3 Å². The van der Waals surface area contributed by atoms with Crippen LogP contribution in [0.25, 0.3) is 10.6 Å². The zero-order chi connectivity index (χ0) is 18.4. The molecule has 2 heterocycles. The van der Waals surface area contributed by atoms with Gasteiger partial charge >= 0.3 is 0 Å². The number of pyridine rings is 1. The first kappa shape index (κ1) is 17.8. The van der Waals surface area contributed by atoms with Gasteiger partial charge in [0.15, 0.2) is 0 Å². The van der Waals surface area contributed by atoms with Gasteiger partial charge in [-0.3, -0.25) is 14.6 Å². The molecule has 3 rings (SSSR count). The maximum absolute atomic E-state index is 12.3. The average Bonchev–Trinajstić information content (AvgIpc) is 3.11. The van der Waals surface area contributed by atoms with Gasteiger partial charge in [0.25, 0.3) is 5.91 Å². The number of thiazole rings is 1. The highest BCUT2D eigenvalue weighted by Crippen LogP contribution is 2.23. The van der Waals surface area contributed by atoms with Crippen LogP contribution >= 0.6 is 11.3 Å². The minimum absolute atomic E-state index is 0.163. The van der Waals surface area contributed by atoms with Crippen LogP contribution in [0.1, 0.15) is 23.0 Å². The Morgan fingerprint density at radius 2 is 2.08 bits per heavy atom. The van der Waals surface area contributed by atoms with Crippen molar-refractivity contribution >= 4 is 28.8 Å². The standard InChI is InChI=1S/C19H18N4O2S/c1-2-21-18(25)13-5-3-7-15(9-13)22-17(24)10-16-12-26-19(23-16)14-6-4-8-20-11-14/h3-9,11-12H,2,10H2,1H3,(H,21,25)(H,22,24). The molecule has 0 atom stereocenters. The summed E-state index contributed by atoms with van der Waals surface area (Å²) in [6.07, 6.45) is 3.62. The molecule has 3 aromatic rings. The monoisotopic (exact) mass is 366 g/mol. The number of carbonyl (C=O) groups excluding carboxylic acids is 2. The summed E-state index contributed by atoms with van der Waals surface area (Å²) < 4.78 is 0. The van der Waals surface area contributed by atoms with Gasteiger partial charge in [-0.1, -0.05) is 6.07 Å². The molecule has 0 radical (unpaired) electrons. The Bertz CT molecular complexity index is 909. The Hall–Kier alpha value is -3.06. The smallest absolute Gasteiger partial charge is 0.251 e. The summed E-state index contributed by atoms with van der Waals surface area (Å²) >= 11 is 1.48. The second-order valence-electron chi connectivity index (χ2n) is 5.55. The minimum Gasteiger partial charge on any atom is -0.352 e. The van der Waals surface area contributed by atoms with E-state index < -0.39 is 0 Å². The molecular formula is C19H18N4O2S. The fourth-order valence-electron chi connectivity index (χ4n) is 2.38. The van der Waals surface area contributed by atoms with E-state index in [1.165, 1.54) is 11.3 Å². The molecule has 7 heteroatoms. The third-order valence-electron chi connectivity index (χ3n) is 3.55. The molecule has 0 fully saturated rings. The van der Waals surface area contributed by atoms with Gasteiger partial charge in [0.2, 0.25) is 5.91 Å². The van der Waals surface area contributed by atoms with Gasteiger partial charge in [-0.05, 0) is 37.3 Å². The number of hydrogen-bond donors (Lipinski definition) is 2. The second kappa shape index (κ2) is 8.35. The number of hydrogen-bond acceptors (Lipinski definition) is 5. The molecule has 0 unspecified atom stereocenters. The highest BCUT2D eigenvalue weighted by Gasteiger charge is 2.11. The molecule has 2 aromatic heterocycles. The van der Waals surface area contributed by atoms with Crippen LogP contribution in [-0.2, 0) is 11.2 Å². The molecule has 0 saturated carbocycles. The predicted molar refractivity (Wildman–Crippen MR) is 102 cm³/mol. The highest BCUT2D eigenvalue weighted by molar-refractivity contribution is 7.13. The van der Waals surface area contributed by atoms with E-state index in [9.17, 15) is 9.59 Å². The van der Waals surface area contributed by atoms with Crippen LogP contribution in [-0.4, -0.2) is 28.3 Å². The van der Waals surface area contributed by atoms with Gasteiger partial charge in [0.05, 0.1) is 12.1 Å². The lowest BCUT2D eigenvalue weighted by Crippen LogP contribution is -2.23. The highest BCUT2D eigenvalue weighted by atomic mass is 32.1. The zero-order valence-corrected chi connectivity index (χ0v) is 15.0. The summed E-state index contributed by atoms with van der Waals surface area (Å²) in [5.74, 6) is -0.342. The van der Waals surface area contributed by atoms with E-state index >= 15 is 0 Å². The molecule has 2 N–H and O–H groups in total. The number of nitrogens with zero attached hydrogens (tertiary/aromatic N) is 2. The Balaban J connectivity index is 1.64. The number of aromatic nitrogens is 2. The van der Waals surface area contributed by atoms with E-state index in [1.54, 1.807) is 36.7 Å². The Kier molecular flexibility index (Phi) is 5.70. The molecule has 6 nitrogen and oxygen atoms in total. The molecule has 26 heavy (non-hydrogen) atoms. The van der Waals surface area contributed by atoms with E-state index in [0.717, 1.165) is 10.6 Å². The largest absolute Gasteiger partial charge is 0.352 e. The molecule has 0 saturated heterocycles. The second-order valence-corrected chi connectivity index (χ2v) is 6.41. The summed E-state index contributed by atoms with van der Waals surface area (Å²) in [6, 6.07) is 10.6. The summed E-state index contributed by atoms with van der Waals surface area (Å²) in [5.41, 5.74) is 2.73. The normalized spacial score (nSPS) is 10.3. The quantitative estimate of drug-likeness (QED) is 0.702. The van der Waals surface area contributed by atoms with E-state index in [0.29, 0.717) is 23.5 Å². The maximum atomic E-state index is 12.3. The average molecular weight is 366 g/mol. The summed E-state index contributed by atoms with van der Waals surface area (Å²) in [6.45, 7) is 2.41. The van der Waals surface area contributed by atoms with Crippen molar-refractivity contribution in [3.63, 3.8) is 0 Å². The van der Waals surface area contributed by atoms with Crippen molar-refractivity contribution < 1.29 is 9.59 Å². The Morgan fingerprint density at radius 1 is 1.19 bits per heavy atom. The van der Waals surface area contributed by atoms with Crippen LogP contribution in [0.4, 0.5) is 5.69 Å². The summed E-state index contributed by atoms with van der Waals surface area (Å²) in [5, 5.41) is 8.25. The minimum atomic E-state index is -0.180. The van der Waals surface area contributed by atoms with E-state index in [2.05, 4.69) is 20.6 Å². The summed E-state index contributed by atoms with van der Waals surface area (Å²) in [7, 11) is 0. The third-order valence-corrected chi connectivity index (χ3v) is 4.49. The number of carbonyl (C=O) groups is 2. The lowest BCUT2D eigenvalue weighted by molar-refractivity contribution is -0.115.